The summed E-state index contributed by atoms with van der Waals surface area (Å²) < 4.78 is 1.03. The third-order valence-corrected chi connectivity index (χ3v) is 3.99. The van der Waals surface area contributed by atoms with Crippen LogP contribution in [0, 0.1) is 0 Å². The van der Waals surface area contributed by atoms with Crippen LogP contribution in [0.5, 0.6) is 0 Å². The molecule has 19 heavy (non-hydrogen) atoms. The second-order valence-electron chi connectivity index (χ2n) is 4.90. The van der Waals surface area contributed by atoms with Gasteiger partial charge in [0.05, 0.1) is 6.10 Å². The molecule has 4 heteroatoms. The van der Waals surface area contributed by atoms with Crippen molar-refractivity contribution in [3.8, 4) is 0 Å². The minimum atomic E-state index is -0.375. The monoisotopic (exact) mass is 319 g/mol. The Kier molecular flexibility index (Phi) is 3.29. The van der Waals surface area contributed by atoms with Crippen LogP contribution in [0.25, 0.3) is 10.8 Å². The van der Waals surface area contributed by atoms with Gasteiger partial charge < -0.3 is 10.0 Å². The van der Waals surface area contributed by atoms with Gasteiger partial charge in [0.1, 0.15) is 0 Å². The first-order valence-corrected chi connectivity index (χ1v) is 7.09. The van der Waals surface area contributed by atoms with Gasteiger partial charge in [-0.05, 0) is 41.5 Å². The van der Waals surface area contributed by atoms with Crippen molar-refractivity contribution < 1.29 is 9.90 Å². The minimum Gasteiger partial charge on any atom is -0.391 e. The lowest BCUT2D eigenvalue weighted by molar-refractivity contribution is 0.0765. The fourth-order valence-electron chi connectivity index (χ4n) is 2.46. The standard InChI is InChI=1S/C15H14BrNO2/c16-13-4-3-10-7-12(2-1-11(10)8-13)15(19)17-6-5-14(18)9-17/h1-4,7-8,14,18H,5-6,9H2/t14-/m0/s1. The van der Waals surface area contributed by atoms with Gasteiger partial charge in [0.2, 0.25) is 0 Å². The molecule has 0 aliphatic carbocycles. The lowest BCUT2D eigenvalue weighted by Crippen LogP contribution is -2.29. The first-order chi connectivity index (χ1) is 9.13. The van der Waals surface area contributed by atoms with E-state index in [1.54, 1.807) is 4.90 Å². The number of halogens is 1. The summed E-state index contributed by atoms with van der Waals surface area (Å²) >= 11 is 3.44. The summed E-state index contributed by atoms with van der Waals surface area (Å²) in [7, 11) is 0. The number of fused-ring (bicyclic) bond motifs is 1. The summed E-state index contributed by atoms with van der Waals surface area (Å²) in [6.07, 6.45) is 0.298. The Morgan fingerprint density at radius 1 is 1.21 bits per heavy atom. The molecule has 0 aromatic heterocycles. The van der Waals surface area contributed by atoms with Gasteiger partial charge in [0.15, 0.2) is 0 Å². The Morgan fingerprint density at radius 2 is 1.95 bits per heavy atom. The number of β-amino-alcohol motifs (C(OH)–C–C–N with tert-alkyl or cyclic N) is 1. The number of amides is 1. The zero-order chi connectivity index (χ0) is 13.4. The molecule has 1 saturated heterocycles. The molecular formula is C15H14BrNO2. The number of aliphatic hydroxyl groups is 1. The zero-order valence-electron chi connectivity index (χ0n) is 10.3. The average Bonchev–Trinajstić information content (AvgIpc) is 2.84. The van der Waals surface area contributed by atoms with Crippen LogP contribution in [0.3, 0.4) is 0 Å². The van der Waals surface area contributed by atoms with Gasteiger partial charge in [-0.15, -0.1) is 0 Å². The van der Waals surface area contributed by atoms with Crippen LogP contribution in [0.15, 0.2) is 40.9 Å². The maximum absolute atomic E-state index is 12.3. The van der Waals surface area contributed by atoms with Gasteiger partial charge in [0.25, 0.3) is 5.91 Å². The molecule has 0 spiro atoms. The Bertz CT molecular complexity index is 641. The molecule has 0 unspecified atom stereocenters. The summed E-state index contributed by atoms with van der Waals surface area (Å²) in [5, 5.41) is 11.7. The largest absolute Gasteiger partial charge is 0.391 e. The van der Waals surface area contributed by atoms with Gasteiger partial charge in [0, 0.05) is 23.1 Å². The zero-order valence-corrected chi connectivity index (χ0v) is 11.9. The maximum atomic E-state index is 12.3. The second-order valence-corrected chi connectivity index (χ2v) is 5.82. The number of benzene rings is 2. The molecule has 1 amide bonds. The molecule has 2 aromatic carbocycles. The average molecular weight is 320 g/mol. The number of hydrogen-bond acceptors (Lipinski definition) is 2. The lowest BCUT2D eigenvalue weighted by Gasteiger charge is -2.15. The van der Waals surface area contributed by atoms with Crippen molar-refractivity contribution in [3.63, 3.8) is 0 Å². The highest BCUT2D eigenvalue weighted by Gasteiger charge is 2.25. The summed E-state index contributed by atoms with van der Waals surface area (Å²) in [5.74, 6) is 0.00127. The lowest BCUT2D eigenvalue weighted by atomic mass is 10.1. The molecule has 1 atom stereocenters. The van der Waals surface area contributed by atoms with E-state index < -0.39 is 0 Å². The van der Waals surface area contributed by atoms with Gasteiger partial charge >= 0.3 is 0 Å². The third-order valence-electron chi connectivity index (χ3n) is 3.50. The highest BCUT2D eigenvalue weighted by molar-refractivity contribution is 9.10. The van der Waals surface area contributed by atoms with Gasteiger partial charge in [-0.25, -0.2) is 0 Å². The Labute approximate surface area is 120 Å². The fourth-order valence-corrected chi connectivity index (χ4v) is 2.84. The molecule has 98 valence electrons. The molecule has 1 heterocycles. The highest BCUT2D eigenvalue weighted by Crippen LogP contribution is 2.22. The van der Waals surface area contributed by atoms with Crippen molar-refractivity contribution in [1.29, 1.82) is 0 Å². The van der Waals surface area contributed by atoms with E-state index in [1.807, 2.05) is 36.4 Å². The van der Waals surface area contributed by atoms with Crippen molar-refractivity contribution in [3.05, 3.63) is 46.4 Å². The number of carbonyl (C=O) groups is 1. The predicted octanol–water partition coefficient (Wildman–Crippen LogP) is 2.81. The molecular weight excluding hydrogens is 306 g/mol. The van der Waals surface area contributed by atoms with E-state index in [0.717, 1.165) is 15.2 Å². The van der Waals surface area contributed by atoms with Crippen molar-refractivity contribution >= 4 is 32.6 Å². The van der Waals surface area contributed by atoms with Crippen molar-refractivity contribution in [2.24, 2.45) is 0 Å². The SMILES string of the molecule is O=C(c1ccc2cc(Br)ccc2c1)N1CC[C@H](O)C1. The molecule has 1 aliphatic heterocycles. The first-order valence-electron chi connectivity index (χ1n) is 6.30. The summed E-state index contributed by atoms with van der Waals surface area (Å²) in [5.41, 5.74) is 0.684. The smallest absolute Gasteiger partial charge is 0.253 e. The van der Waals surface area contributed by atoms with Crippen LogP contribution in [-0.4, -0.2) is 35.1 Å². The summed E-state index contributed by atoms with van der Waals surface area (Å²) in [6.45, 7) is 1.08. The van der Waals surface area contributed by atoms with Crippen molar-refractivity contribution in [1.82, 2.24) is 4.90 Å². The first kappa shape index (κ1) is 12.6. The molecule has 1 fully saturated rings. The third kappa shape index (κ3) is 2.51. The predicted molar refractivity (Wildman–Crippen MR) is 78.2 cm³/mol. The van der Waals surface area contributed by atoms with Crippen LogP contribution in [0.4, 0.5) is 0 Å². The number of hydrogen-bond donors (Lipinski definition) is 1. The highest BCUT2D eigenvalue weighted by atomic mass is 79.9. The molecule has 1 aliphatic rings. The van der Waals surface area contributed by atoms with Gasteiger partial charge in [-0.1, -0.05) is 28.1 Å². The van der Waals surface area contributed by atoms with Gasteiger partial charge in [-0.3, -0.25) is 4.79 Å². The quantitative estimate of drug-likeness (QED) is 0.878. The van der Waals surface area contributed by atoms with Crippen LogP contribution in [0.1, 0.15) is 16.8 Å². The van der Waals surface area contributed by atoms with Crippen LogP contribution < -0.4 is 0 Å². The fraction of sp³-hybridized carbons (Fsp3) is 0.267. The second kappa shape index (κ2) is 4.94. The Morgan fingerprint density at radius 3 is 2.68 bits per heavy atom. The van der Waals surface area contributed by atoms with E-state index in [1.165, 1.54) is 0 Å². The molecule has 0 saturated carbocycles. The number of rotatable bonds is 1. The number of carbonyl (C=O) groups excluding carboxylic acids is 1. The van der Waals surface area contributed by atoms with E-state index in [2.05, 4.69) is 15.9 Å². The topological polar surface area (TPSA) is 40.5 Å². The summed E-state index contributed by atoms with van der Waals surface area (Å²) in [6, 6.07) is 11.7. The number of aliphatic hydroxyl groups excluding tert-OH is 1. The Balaban J connectivity index is 1.92. The normalized spacial score (nSPS) is 19.1. The maximum Gasteiger partial charge on any atom is 0.253 e. The summed E-state index contributed by atoms with van der Waals surface area (Å²) in [4.78, 5) is 14.0. The van der Waals surface area contributed by atoms with E-state index in [-0.39, 0.29) is 12.0 Å². The van der Waals surface area contributed by atoms with Crippen LogP contribution >= 0.6 is 15.9 Å². The number of likely N-dealkylation sites (tertiary alicyclic amines) is 1. The molecule has 2 aromatic rings. The van der Waals surface area contributed by atoms with E-state index in [9.17, 15) is 9.90 Å². The molecule has 0 bridgehead atoms. The van der Waals surface area contributed by atoms with Crippen molar-refractivity contribution in [2.75, 3.05) is 13.1 Å². The van der Waals surface area contributed by atoms with Gasteiger partial charge in [-0.2, -0.15) is 0 Å². The van der Waals surface area contributed by atoms with Crippen LogP contribution in [0.2, 0.25) is 0 Å². The van der Waals surface area contributed by atoms with E-state index in [4.69, 9.17) is 0 Å². The molecule has 0 radical (unpaired) electrons. The molecule has 3 nitrogen and oxygen atoms in total. The molecule has 3 rings (SSSR count). The molecule has 1 N–H and O–H groups in total. The van der Waals surface area contributed by atoms with E-state index in [0.29, 0.717) is 25.1 Å². The van der Waals surface area contributed by atoms with E-state index >= 15 is 0 Å². The van der Waals surface area contributed by atoms with Crippen molar-refractivity contribution in [2.45, 2.75) is 12.5 Å². The Hall–Kier alpha value is -1.39. The minimum absolute atomic E-state index is 0.00127. The number of nitrogens with zero attached hydrogens (tertiary/aromatic N) is 1. The van der Waals surface area contributed by atoms with Crippen LogP contribution in [-0.2, 0) is 0 Å².